The molecule has 2 heteroatoms. The molecule has 0 spiro atoms. The Morgan fingerprint density at radius 2 is 1.55 bits per heavy atom. The van der Waals surface area contributed by atoms with Gasteiger partial charge in [-0.15, -0.1) is 0 Å². The molecule has 148 valence electrons. The maximum Gasteiger partial charge on any atom is 0.129 e. The second-order valence-electron chi connectivity index (χ2n) is 8.33. The molecule has 4 aromatic rings. The van der Waals surface area contributed by atoms with E-state index in [2.05, 4.69) is 116 Å². The van der Waals surface area contributed by atoms with Gasteiger partial charge in [0.15, 0.2) is 0 Å². The predicted octanol–water partition coefficient (Wildman–Crippen LogP) is 8.58. The predicted molar refractivity (Wildman–Crippen MR) is 128 cm³/mol. The van der Waals surface area contributed by atoms with Gasteiger partial charge in [-0.25, -0.2) is 0 Å². The highest BCUT2D eigenvalue weighted by Gasteiger charge is 2.26. The molecule has 4 aromatic carbocycles. The Morgan fingerprint density at radius 3 is 2.28 bits per heavy atom. The third-order valence-corrected chi connectivity index (χ3v) is 6.57. The van der Waals surface area contributed by atoms with E-state index in [1.54, 1.807) is 0 Å². The van der Waals surface area contributed by atoms with E-state index in [0.29, 0.717) is 5.92 Å². The molecule has 0 fully saturated rings. The number of halogens is 1. The minimum absolute atomic E-state index is 0.462. The highest BCUT2D eigenvalue weighted by atomic mass is 79.9. The number of hydrogen-bond acceptors (Lipinski definition) is 1. The molecule has 0 bridgehead atoms. The van der Waals surface area contributed by atoms with Crippen LogP contribution in [0.5, 0.6) is 5.75 Å². The van der Waals surface area contributed by atoms with Crippen LogP contribution in [0.3, 0.4) is 0 Å². The number of rotatable bonds is 5. The highest BCUT2D eigenvalue weighted by Crippen LogP contribution is 2.37. The lowest BCUT2D eigenvalue weighted by Gasteiger charge is -2.29. The van der Waals surface area contributed by atoms with Crippen molar-refractivity contribution in [2.45, 2.75) is 45.6 Å². The summed E-state index contributed by atoms with van der Waals surface area (Å²) in [6.07, 6.45) is 1.14. The average Bonchev–Trinajstić information content (AvgIpc) is 2.73. The molecule has 0 aliphatic carbocycles. The Morgan fingerprint density at radius 1 is 0.862 bits per heavy atom. The van der Waals surface area contributed by atoms with Crippen LogP contribution in [0.2, 0.25) is 0 Å². The molecule has 0 N–H and O–H groups in total. The molecule has 0 saturated heterocycles. The average molecular weight is 447 g/mol. The monoisotopic (exact) mass is 446 g/mol. The van der Waals surface area contributed by atoms with Crippen molar-refractivity contribution in [3.8, 4) is 5.75 Å². The zero-order chi connectivity index (χ0) is 20.6. The van der Waals surface area contributed by atoms with Crippen LogP contribution in [-0.4, -0.2) is 0 Å². The van der Waals surface area contributed by atoms with Crippen molar-refractivity contribution in [2.24, 2.45) is 0 Å². The first kappa shape index (κ1) is 20.0. The summed E-state index contributed by atoms with van der Waals surface area (Å²) in [7, 11) is 0. The lowest BCUT2D eigenvalue weighted by Crippen LogP contribution is -2.25. The molecule has 0 amide bonds. The molecule has 0 aromatic heterocycles. The Bertz CT molecular complexity index is 1160. The van der Waals surface area contributed by atoms with Crippen molar-refractivity contribution in [1.82, 2.24) is 0 Å². The molecule has 0 aliphatic rings. The number of benzene rings is 4. The minimum Gasteiger partial charge on any atom is -0.483 e. The van der Waals surface area contributed by atoms with E-state index >= 15 is 0 Å². The van der Waals surface area contributed by atoms with Crippen molar-refractivity contribution in [2.75, 3.05) is 0 Å². The third kappa shape index (κ3) is 3.91. The number of ether oxygens (including phenoxy) is 1. The van der Waals surface area contributed by atoms with Crippen LogP contribution < -0.4 is 4.74 Å². The maximum atomic E-state index is 6.44. The van der Waals surface area contributed by atoms with Crippen molar-refractivity contribution in [3.63, 3.8) is 0 Å². The van der Waals surface area contributed by atoms with Crippen molar-refractivity contribution in [1.29, 1.82) is 0 Å². The standard InChI is InChI=1S/C27H27BrO/c1-5-18(2)19-12-14-22(15-13-19)29-27(3,4)25-16-21-11-10-20-8-6-7-9-23(20)24(21)17-26(25)28/h6-18H,5H2,1-4H3. The lowest BCUT2D eigenvalue weighted by atomic mass is 9.93. The van der Waals surface area contributed by atoms with Crippen LogP contribution in [0.15, 0.2) is 77.3 Å². The van der Waals surface area contributed by atoms with Gasteiger partial charge in [0.2, 0.25) is 0 Å². The molecular formula is C27H27BrO. The zero-order valence-electron chi connectivity index (χ0n) is 17.5. The molecule has 0 aliphatic heterocycles. The lowest BCUT2D eigenvalue weighted by molar-refractivity contribution is 0.108. The summed E-state index contributed by atoms with van der Waals surface area (Å²) in [6, 6.07) is 25.9. The summed E-state index contributed by atoms with van der Waals surface area (Å²) in [5.41, 5.74) is 2.04. The third-order valence-electron chi connectivity index (χ3n) is 5.92. The summed E-state index contributed by atoms with van der Waals surface area (Å²) in [5.74, 6) is 1.47. The van der Waals surface area contributed by atoms with Gasteiger partial charge in [-0.3, -0.25) is 0 Å². The van der Waals surface area contributed by atoms with Crippen LogP contribution in [0, 0.1) is 0 Å². The van der Waals surface area contributed by atoms with E-state index in [1.165, 1.54) is 27.1 Å². The molecule has 1 atom stereocenters. The van der Waals surface area contributed by atoms with Gasteiger partial charge in [-0.2, -0.15) is 0 Å². The first-order valence-electron chi connectivity index (χ1n) is 10.3. The number of hydrogen-bond donors (Lipinski definition) is 0. The van der Waals surface area contributed by atoms with Crippen molar-refractivity contribution >= 4 is 37.5 Å². The van der Waals surface area contributed by atoms with Crippen LogP contribution in [0.4, 0.5) is 0 Å². The zero-order valence-corrected chi connectivity index (χ0v) is 19.1. The summed E-state index contributed by atoms with van der Waals surface area (Å²) < 4.78 is 7.52. The van der Waals surface area contributed by atoms with Crippen LogP contribution in [0.1, 0.15) is 51.2 Å². The Hall–Kier alpha value is -2.32. The van der Waals surface area contributed by atoms with Gasteiger partial charge in [0.25, 0.3) is 0 Å². The first-order chi connectivity index (χ1) is 13.9. The molecular weight excluding hydrogens is 420 g/mol. The van der Waals surface area contributed by atoms with Gasteiger partial charge in [-0.05, 0) is 77.6 Å². The largest absolute Gasteiger partial charge is 0.483 e. The summed E-state index contributed by atoms with van der Waals surface area (Å²) in [5, 5.41) is 5.02. The van der Waals surface area contributed by atoms with E-state index in [4.69, 9.17) is 4.74 Å². The number of fused-ring (bicyclic) bond motifs is 3. The first-order valence-corrected chi connectivity index (χ1v) is 11.1. The van der Waals surface area contributed by atoms with E-state index in [1.807, 2.05) is 0 Å². The Balaban J connectivity index is 1.70. The fourth-order valence-corrected chi connectivity index (χ4v) is 4.76. The molecule has 4 rings (SSSR count). The topological polar surface area (TPSA) is 9.23 Å². The van der Waals surface area contributed by atoms with Gasteiger partial charge in [0.05, 0.1) is 0 Å². The summed E-state index contributed by atoms with van der Waals surface area (Å²) >= 11 is 3.81. The van der Waals surface area contributed by atoms with Crippen molar-refractivity contribution in [3.05, 3.63) is 88.4 Å². The van der Waals surface area contributed by atoms with Crippen LogP contribution in [-0.2, 0) is 5.60 Å². The second kappa shape index (κ2) is 7.84. The fraction of sp³-hybridized carbons (Fsp3) is 0.259. The second-order valence-corrected chi connectivity index (χ2v) is 9.18. The Kier molecular flexibility index (Phi) is 5.40. The van der Waals surface area contributed by atoms with Crippen LogP contribution in [0.25, 0.3) is 21.5 Å². The molecule has 0 heterocycles. The van der Waals surface area contributed by atoms with E-state index in [-0.39, 0.29) is 0 Å². The smallest absolute Gasteiger partial charge is 0.129 e. The molecule has 0 radical (unpaired) electrons. The maximum absolute atomic E-state index is 6.44. The van der Waals surface area contributed by atoms with Gasteiger partial charge >= 0.3 is 0 Å². The molecule has 0 saturated carbocycles. The Labute approximate surface area is 181 Å². The van der Waals surface area contributed by atoms with Crippen molar-refractivity contribution < 1.29 is 4.74 Å². The van der Waals surface area contributed by atoms with E-state index < -0.39 is 5.60 Å². The minimum atomic E-state index is -0.462. The SMILES string of the molecule is CCC(C)c1ccc(OC(C)(C)c2cc3ccc4ccccc4c3cc2Br)cc1. The normalized spacial score (nSPS) is 13.0. The van der Waals surface area contributed by atoms with E-state index in [0.717, 1.165) is 22.2 Å². The van der Waals surface area contributed by atoms with Gasteiger partial charge in [0, 0.05) is 10.0 Å². The summed E-state index contributed by atoms with van der Waals surface area (Å²) in [6.45, 7) is 8.74. The van der Waals surface area contributed by atoms with E-state index in [9.17, 15) is 0 Å². The van der Waals surface area contributed by atoms with Gasteiger partial charge in [0.1, 0.15) is 11.4 Å². The van der Waals surface area contributed by atoms with Crippen LogP contribution >= 0.6 is 15.9 Å². The fourth-order valence-electron chi connectivity index (χ4n) is 3.94. The van der Waals surface area contributed by atoms with Gasteiger partial charge < -0.3 is 4.74 Å². The highest BCUT2D eigenvalue weighted by molar-refractivity contribution is 9.10. The molecule has 1 nitrogen and oxygen atoms in total. The molecule has 1 unspecified atom stereocenters. The van der Waals surface area contributed by atoms with Gasteiger partial charge in [-0.1, -0.05) is 78.3 Å². The quantitative estimate of drug-likeness (QED) is 0.278. The summed E-state index contributed by atoms with van der Waals surface area (Å²) in [4.78, 5) is 0. The molecule has 29 heavy (non-hydrogen) atoms.